The molecule has 7 nitrogen and oxygen atoms in total. The van der Waals surface area contributed by atoms with Crippen molar-refractivity contribution in [1.29, 1.82) is 0 Å². The van der Waals surface area contributed by atoms with Gasteiger partial charge in [-0.3, -0.25) is 14.4 Å². The maximum atomic E-state index is 12.5. The van der Waals surface area contributed by atoms with Crippen LogP contribution in [-0.4, -0.2) is 61.7 Å². The van der Waals surface area contributed by atoms with E-state index >= 15 is 0 Å². The van der Waals surface area contributed by atoms with Gasteiger partial charge in [0.2, 0.25) is 0 Å². The van der Waals surface area contributed by atoms with Gasteiger partial charge in [0.15, 0.2) is 6.61 Å². The van der Waals surface area contributed by atoms with Gasteiger partial charge >= 0.3 is 0 Å². The minimum absolute atomic E-state index is 0.0682. The highest BCUT2D eigenvalue weighted by molar-refractivity contribution is 8.13. The zero-order chi connectivity index (χ0) is 20.7. The Labute approximate surface area is 168 Å². The minimum Gasteiger partial charge on any atom is -0.484 e. The second-order valence-electron chi connectivity index (χ2n) is 6.35. The first-order valence-electron chi connectivity index (χ1n) is 8.50. The second-order valence-corrected chi connectivity index (χ2v) is 7.37. The Balaban J connectivity index is 1.98. The third kappa shape index (κ3) is 6.31. The zero-order valence-electron chi connectivity index (χ0n) is 16.3. The Bertz CT molecular complexity index is 851. The van der Waals surface area contributed by atoms with E-state index in [2.05, 4.69) is 5.32 Å². The van der Waals surface area contributed by atoms with Gasteiger partial charge in [-0.1, -0.05) is 6.07 Å². The normalized spacial score (nSPS) is 10.1. The molecule has 0 spiro atoms. The summed E-state index contributed by atoms with van der Waals surface area (Å²) < 4.78 is 5.43. The average Bonchev–Trinajstić information content (AvgIpc) is 2.67. The predicted octanol–water partition coefficient (Wildman–Crippen LogP) is 3.18. The van der Waals surface area contributed by atoms with Crippen LogP contribution in [0.2, 0.25) is 0 Å². The first-order valence-corrected chi connectivity index (χ1v) is 9.31. The molecule has 148 valence electrons. The maximum absolute atomic E-state index is 12.5. The molecule has 0 heterocycles. The van der Waals surface area contributed by atoms with Gasteiger partial charge in [0.1, 0.15) is 5.75 Å². The van der Waals surface area contributed by atoms with Crippen LogP contribution in [0.3, 0.4) is 0 Å². The van der Waals surface area contributed by atoms with E-state index in [1.165, 1.54) is 9.80 Å². The number of amides is 3. The van der Waals surface area contributed by atoms with Crippen molar-refractivity contribution < 1.29 is 19.1 Å². The summed E-state index contributed by atoms with van der Waals surface area (Å²) in [5, 5.41) is 2.73. The molecule has 2 rings (SSSR count). The van der Waals surface area contributed by atoms with Crippen LogP contribution < -0.4 is 10.1 Å². The molecule has 0 aliphatic rings. The number of nitrogens with one attached hydrogen (secondary N) is 1. The van der Waals surface area contributed by atoms with Gasteiger partial charge in [0.25, 0.3) is 17.1 Å². The molecule has 0 unspecified atom stereocenters. The molecule has 0 atom stereocenters. The molecule has 0 aliphatic carbocycles. The molecule has 2 aromatic rings. The van der Waals surface area contributed by atoms with Crippen LogP contribution in [0, 0.1) is 0 Å². The average molecular weight is 401 g/mol. The van der Waals surface area contributed by atoms with Crippen LogP contribution in [0.1, 0.15) is 10.4 Å². The van der Waals surface area contributed by atoms with Gasteiger partial charge in [-0.15, -0.1) is 0 Å². The fourth-order valence-corrected chi connectivity index (χ4v) is 2.66. The van der Waals surface area contributed by atoms with E-state index in [4.69, 9.17) is 4.74 Å². The monoisotopic (exact) mass is 401 g/mol. The van der Waals surface area contributed by atoms with Crippen LogP contribution in [0.4, 0.5) is 10.5 Å². The molecule has 0 bridgehead atoms. The molecule has 8 heteroatoms. The highest BCUT2D eigenvalue weighted by atomic mass is 32.2. The van der Waals surface area contributed by atoms with Gasteiger partial charge in [0.05, 0.1) is 0 Å². The standard InChI is InChI=1S/C20H23N3O4S/c1-22(2)18(24)13-27-16-7-5-6-14(12-16)19(25)21-15-8-10-17(11-9-15)28-20(26)23(3)4/h5-12H,13H2,1-4H3,(H,21,25). The summed E-state index contributed by atoms with van der Waals surface area (Å²) in [5.41, 5.74) is 1.02. The summed E-state index contributed by atoms with van der Waals surface area (Å²) >= 11 is 1.11. The molecule has 2 aromatic carbocycles. The number of rotatable bonds is 6. The van der Waals surface area contributed by atoms with E-state index < -0.39 is 0 Å². The van der Waals surface area contributed by atoms with Crippen LogP contribution in [0.15, 0.2) is 53.4 Å². The van der Waals surface area contributed by atoms with Crippen LogP contribution in [-0.2, 0) is 4.79 Å². The summed E-state index contributed by atoms with van der Waals surface area (Å²) in [6.07, 6.45) is 0. The van der Waals surface area contributed by atoms with Gasteiger partial charge in [-0.05, 0) is 54.2 Å². The van der Waals surface area contributed by atoms with Gasteiger partial charge in [-0.2, -0.15) is 0 Å². The number of likely N-dealkylation sites (N-methyl/N-ethyl adjacent to an activating group) is 1. The lowest BCUT2D eigenvalue weighted by molar-refractivity contribution is -0.130. The maximum Gasteiger partial charge on any atom is 0.285 e. The third-order valence-corrected chi connectivity index (χ3v) is 4.69. The largest absolute Gasteiger partial charge is 0.484 e. The summed E-state index contributed by atoms with van der Waals surface area (Å²) in [5.74, 6) is -0.0217. The minimum atomic E-state index is -0.297. The second kappa shape index (κ2) is 9.80. The molecule has 0 saturated carbocycles. The summed E-state index contributed by atoms with van der Waals surface area (Å²) in [6, 6.07) is 13.6. The first kappa shape index (κ1) is 21.3. The zero-order valence-corrected chi connectivity index (χ0v) is 17.1. The van der Waals surface area contributed by atoms with Crippen molar-refractivity contribution in [3.63, 3.8) is 0 Å². The van der Waals surface area contributed by atoms with Crippen LogP contribution in [0.25, 0.3) is 0 Å². The smallest absolute Gasteiger partial charge is 0.285 e. The van der Waals surface area contributed by atoms with Gasteiger partial charge in [0, 0.05) is 44.3 Å². The molecule has 0 aromatic heterocycles. The Kier molecular flexibility index (Phi) is 7.45. The van der Waals surface area contributed by atoms with E-state index in [0.717, 1.165) is 16.7 Å². The predicted molar refractivity (Wildman–Crippen MR) is 110 cm³/mol. The molecule has 0 radical (unpaired) electrons. The van der Waals surface area contributed by atoms with E-state index in [-0.39, 0.29) is 23.7 Å². The summed E-state index contributed by atoms with van der Waals surface area (Å²) in [7, 11) is 6.68. The number of nitrogens with zero attached hydrogens (tertiary/aromatic N) is 2. The fourth-order valence-electron chi connectivity index (χ4n) is 2.00. The van der Waals surface area contributed by atoms with Crippen molar-refractivity contribution >= 4 is 34.5 Å². The molecular weight excluding hydrogens is 378 g/mol. The molecule has 0 saturated heterocycles. The van der Waals surface area contributed by atoms with Crippen molar-refractivity contribution in [3.05, 3.63) is 54.1 Å². The number of hydrogen-bond donors (Lipinski definition) is 1. The summed E-state index contributed by atoms with van der Waals surface area (Å²) in [6.45, 7) is -0.0944. The Morgan fingerprint density at radius 1 is 0.964 bits per heavy atom. The van der Waals surface area contributed by atoms with E-state index in [0.29, 0.717) is 17.0 Å². The lowest BCUT2D eigenvalue weighted by Crippen LogP contribution is -2.27. The number of ether oxygens (including phenoxy) is 1. The third-order valence-electron chi connectivity index (χ3n) is 3.64. The van der Waals surface area contributed by atoms with Crippen molar-refractivity contribution in [2.45, 2.75) is 4.90 Å². The number of thioether (sulfide) groups is 1. The Morgan fingerprint density at radius 3 is 2.25 bits per heavy atom. The van der Waals surface area contributed by atoms with Crippen LogP contribution >= 0.6 is 11.8 Å². The van der Waals surface area contributed by atoms with Crippen LogP contribution in [0.5, 0.6) is 5.75 Å². The van der Waals surface area contributed by atoms with Crippen molar-refractivity contribution in [2.75, 3.05) is 40.1 Å². The van der Waals surface area contributed by atoms with Gasteiger partial charge < -0.3 is 19.9 Å². The molecule has 0 fully saturated rings. The molecule has 1 N–H and O–H groups in total. The molecule has 28 heavy (non-hydrogen) atoms. The Morgan fingerprint density at radius 2 is 1.64 bits per heavy atom. The number of carbonyl (C=O) groups excluding carboxylic acids is 3. The van der Waals surface area contributed by atoms with E-state index in [9.17, 15) is 14.4 Å². The Hall–Kier alpha value is -3.00. The molecule has 0 aliphatic heterocycles. The van der Waals surface area contributed by atoms with Crippen molar-refractivity contribution in [3.8, 4) is 5.75 Å². The SMILES string of the molecule is CN(C)C(=O)COc1cccc(C(=O)Nc2ccc(SC(=O)N(C)C)cc2)c1. The fraction of sp³-hybridized carbons (Fsp3) is 0.250. The van der Waals surface area contributed by atoms with Gasteiger partial charge in [-0.25, -0.2) is 0 Å². The molecule has 3 amide bonds. The number of carbonyl (C=O) groups is 3. The lowest BCUT2D eigenvalue weighted by Gasteiger charge is -2.12. The first-order chi connectivity index (χ1) is 13.3. The van der Waals surface area contributed by atoms with Crippen molar-refractivity contribution in [1.82, 2.24) is 9.80 Å². The number of hydrogen-bond acceptors (Lipinski definition) is 5. The highest BCUT2D eigenvalue weighted by Gasteiger charge is 2.10. The lowest BCUT2D eigenvalue weighted by atomic mass is 10.2. The van der Waals surface area contributed by atoms with E-state index in [1.54, 1.807) is 76.7 Å². The topological polar surface area (TPSA) is 79.0 Å². The number of benzene rings is 2. The summed E-state index contributed by atoms with van der Waals surface area (Å²) in [4.78, 5) is 39.5. The quantitative estimate of drug-likeness (QED) is 0.752. The van der Waals surface area contributed by atoms with E-state index in [1.807, 2.05) is 0 Å². The highest BCUT2D eigenvalue weighted by Crippen LogP contribution is 2.23. The molecular formula is C20H23N3O4S. The van der Waals surface area contributed by atoms with Crippen molar-refractivity contribution in [2.24, 2.45) is 0 Å². The number of anilines is 1.